The first-order valence-corrected chi connectivity index (χ1v) is 6.66. The van der Waals surface area contributed by atoms with E-state index < -0.39 is 5.91 Å². The van der Waals surface area contributed by atoms with Gasteiger partial charge in [0.05, 0.1) is 5.02 Å². The Morgan fingerprint density at radius 3 is 2.57 bits per heavy atom. The Morgan fingerprint density at radius 2 is 1.95 bits per heavy atom. The number of aliphatic hydroxyl groups excluding tert-OH is 1. The normalized spacial score (nSPS) is 10.2. The van der Waals surface area contributed by atoms with Crippen molar-refractivity contribution < 1.29 is 9.90 Å². The molecule has 21 heavy (non-hydrogen) atoms. The van der Waals surface area contributed by atoms with Crippen LogP contribution in [0, 0.1) is 0 Å². The van der Waals surface area contributed by atoms with Gasteiger partial charge < -0.3 is 15.8 Å². The SMILES string of the molecule is NNc1ccc(Cl)c(C(=O)Nc2ccc(CCO)cc2)n1. The molecule has 7 heteroatoms. The maximum atomic E-state index is 12.1. The van der Waals surface area contributed by atoms with Gasteiger partial charge in [0.1, 0.15) is 11.5 Å². The van der Waals surface area contributed by atoms with Gasteiger partial charge in [-0.3, -0.25) is 4.79 Å². The monoisotopic (exact) mass is 306 g/mol. The first kappa shape index (κ1) is 15.2. The number of nitrogen functional groups attached to an aromatic ring is 1. The number of carbonyl (C=O) groups excluding carboxylic acids is 1. The predicted octanol–water partition coefficient (Wildman–Crippen LogP) is 1.81. The zero-order valence-electron chi connectivity index (χ0n) is 11.1. The molecule has 6 nitrogen and oxygen atoms in total. The highest BCUT2D eigenvalue weighted by Gasteiger charge is 2.13. The highest BCUT2D eigenvalue weighted by molar-refractivity contribution is 6.34. The minimum atomic E-state index is -0.424. The van der Waals surface area contributed by atoms with Crippen LogP contribution in [0.1, 0.15) is 16.1 Å². The average Bonchev–Trinajstić information content (AvgIpc) is 2.50. The number of nitrogens with zero attached hydrogens (tertiary/aromatic N) is 1. The van der Waals surface area contributed by atoms with E-state index in [1.165, 1.54) is 0 Å². The smallest absolute Gasteiger partial charge is 0.275 e. The lowest BCUT2D eigenvalue weighted by atomic mass is 10.1. The van der Waals surface area contributed by atoms with E-state index in [0.717, 1.165) is 5.56 Å². The second-order valence-corrected chi connectivity index (χ2v) is 4.70. The number of hydrazine groups is 1. The van der Waals surface area contributed by atoms with Gasteiger partial charge in [0.15, 0.2) is 0 Å². The standard InChI is InChI=1S/C14H15ClN4O2/c15-11-5-6-12(19-16)18-13(11)14(21)17-10-3-1-9(2-4-10)7-8-20/h1-6,20H,7-8,16H2,(H,17,21)(H,18,19). The molecule has 1 aromatic heterocycles. The summed E-state index contributed by atoms with van der Waals surface area (Å²) >= 11 is 5.96. The third-order valence-corrected chi connectivity index (χ3v) is 3.13. The lowest BCUT2D eigenvalue weighted by molar-refractivity contribution is 0.102. The second-order valence-electron chi connectivity index (χ2n) is 4.30. The summed E-state index contributed by atoms with van der Waals surface area (Å²) in [6, 6.07) is 10.3. The summed E-state index contributed by atoms with van der Waals surface area (Å²) < 4.78 is 0. The van der Waals surface area contributed by atoms with Gasteiger partial charge in [-0.25, -0.2) is 10.8 Å². The molecule has 5 N–H and O–H groups in total. The van der Waals surface area contributed by atoms with Gasteiger partial charge in [-0.05, 0) is 36.2 Å². The van der Waals surface area contributed by atoms with Gasteiger partial charge in [0, 0.05) is 12.3 Å². The number of pyridine rings is 1. The van der Waals surface area contributed by atoms with E-state index in [2.05, 4.69) is 15.7 Å². The molecule has 0 fully saturated rings. The zero-order valence-corrected chi connectivity index (χ0v) is 11.9. The van der Waals surface area contributed by atoms with Gasteiger partial charge in [-0.2, -0.15) is 0 Å². The van der Waals surface area contributed by atoms with Crippen LogP contribution in [0.15, 0.2) is 36.4 Å². The lowest BCUT2D eigenvalue weighted by Gasteiger charge is -2.08. The van der Waals surface area contributed by atoms with Crippen molar-refractivity contribution in [2.24, 2.45) is 5.84 Å². The van der Waals surface area contributed by atoms with Crippen LogP contribution < -0.4 is 16.6 Å². The quantitative estimate of drug-likeness (QED) is 0.498. The molecule has 0 unspecified atom stereocenters. The highest BCUT2D eigenvalue weighted by Crippen LogP contribution is 2.18. The van der Waals surface area contributed by atoms with Crippen LogP contribution in [0.25, 0.3) is 0 Å². The van der Waals surface area contributed by atoms with Crippen molar-refractivity contribution >= 4 is 29.0 Å². The summed E-state index contributed by atoms with van der Waals surface area (Å²) in [7, 11) is 0. The van der Waals surface area contributed by atoms with E-state index in [4.69, 9.17) is 22.6 Å². The van der Waals surface area contributed by atoms with Crippen LogP contribution in [0.2, 0.25) is 5.02 Å². The third-order valence-electron chi connectivity index (χ3n) is 2.82. The first-order valence-electron chi connectivity index (χ1n) is 6.28. The molecule has 0 bridgehead atoms. The van der Waals surface area contributed by atoms with Crippen LogP contribution >= 0.6 is 11.6 Å². The van der Waals surface area contributed by atoms with E-state index >= 15 is 0 Å². The molecule has 0 radical (unpaired) electrons. The van der Waals surface area contributed by atoms with Gasteiger partial charge in [-0.1, -0.05) is 23.7 Å². The van der Waals surface area contributed by atoms with Crippen molar-refractivity contribution in [3.63, 3.8) is 0 Å². The Kier molecular flexibility index (Phi) is 5.10. The van der Waals surface area contributed by atoms with E-state index in [9.17, 15) is 4.79 Å². The van der Waals surface area contributed by atoms with Crippen molar-refractivity contribution in [3.05, 3.63) is 52.7 Å². The Balaban J connectivity index is 2.14. The molecule has 0 aliphatic carbocycles. The van der Waals surface area contributed by atoms with Gasteiger partial charge in [0.25, 0.3) is 5.91 Å². The number of benzene rings is 1. The number of rotatable bonds is 5. The van der Waals surface area contributed by atoms with Crippen LogP contribution in [0.4, 0.5) is 11.5 Å². The number of anilines is 2. The average molecular weight is 307 g/mol. The van der Waals surface area contributed by atoms with Crippen LogP contribution in [-0.2, 0) is 6.42 Å². The Bertz CT molecular complexity index is 631. The molecule has 0 spiro atoms. The van der Waals surface area contributed by atoms with Crippen molar-refractivity contribution in [2.45, 2.75) is 6.42 Å². The van der Waals surface area contributed by atoms with Crippen molar-refractivity contribution in [1.82, 2.24) is 4.98 Å². The second kappa shape index (κ2) is 7.03. The third kappa shape index (κ3) is 3.91. The number of aromatic nitrogens is 1. The summed E-state index contributed by atoms with van der Waals surface area (Å²) in [5.74, 6) is 5.18. The van der Waals surface area contributed by atoms with Crippen molar-refractivity contribution in [2.75, 3.05) is 17.3 Å². The summed E-state index contributed by atoms with van der Waals surface area (Å²) in [6.07, 6.45) is 0.575. The minimum Gasteiger partial charge on any atom is -0.396 e. The number of carbonyl (C=O) groups is 1. The number of halogens is 1. The predicted molar refractivity (Wildman–Crippen MR) is 82.2 cm³/mol. The fraction of sp³-hybridized carbons (Fsp3) is 0.143. The van der Waals surface area contributed by atoms with Crippen LogP contribution in [0.3, 0.4) is 0 Å². The highest BCUT2D eigenvalue weighted by atomic mass is 35.5. The molecular formula is C14H15ClN4O2. The number of amides is 1. The Hall–Kier alpha value is -2.15. The number of hydrogen-bond donors (Lipinski definition) is 4. The maximum absolute atomic E-state index is 12.1. The molecule has 1 amide bonds. The molecule has 0 aliphatic heterocycles. The van der Waals surface area contributed by atoms with E-state index in [-0.39, 0.29) is 17.3 Å². The van der Waals surface area contributed by atoms with E-state index in [1.54, 1.807) is 24.3 Å². The number of aliphatic hydroxyl groups is 1. The molecule has 110 valence electrons. The fourth-order valence-corrected chi connectivity index (χ4v) is 1.95. The summed E-state index contributed by atoms with van der Waals surface area (Å²) in [5, 5.41) is 11.8. The molecule has 0 saturated carbocycles. The Morgan fingerprint density at radius 1 is 1.24 bits per heavy atom. The van der Waals surface area contributed by atoms with Crippen LogP contribution in [0.5, 0.6) is 0 Å². The molecule has 1 aromatic carbocycles. The van der Waals surface area contributed by atoms with E-state index in [1.807, 2.05) is 12.1 Å². The summed E-state index contributed by atoms with van der Waals surface area (Å²) in [5.41, 5.74) is 4.05. The number of nitrogens with two attached hydrogens (primary N) is 1. The topological polar surface area (TPSA) is 100 Å². The maximum Gasteiger partial charge on any atom is 0.275 e. The zero-order chi connectivity index (χ0) is 15.2. The van der Waals surface area contributed by atoms with E-state index in [0.29, 0.717) is 17.9 Å². The largest absolute Gasteiger partial charge is 0.396 e. The van der Waals surface area contributed by atoms with Crippen LogP contribution in [-0.4, -0.2) is 22.6 Å². The van der Waals surface area contributed by atoms with Crippen molar-refractivity contribution in [1.29, 1.82) is 0 Å². The van der Waals surface area contributed by atoms with Gasteiger partial charge >= 0.3 is 0 Å². The Labute approximate surface area is 126 Å². The molecule has 0 saturated heterocycles. The molecule has 2 rings (SSSR count). The summed E-state index contributed by atoms with van der Waals surface area (Å²) in [4.78, 5) is 16.2. The molecule has 0 atom stereocenters. The minimum absolute atomic E-state index is 0.0874. The fourth-order valence-electron chi connectivity index (χ4n) is 1.76. The van der Waals surface area contributed by atoms with Gasteiger partial charge in [0.2, 0.25) is 0 Å². The molecule has 0 aliphatic rings. The summed E-state index contributed by atoms with van der Waals surface area (Å²) in [6.45, 7) is 0.0874. The lowest BCUT2D eigenvalue weighted by Crippen LogP contribution is -2.16. The first-order chi connectivity index (χ1) is 10.1. The number of nitrogens with one attached hydrogen (secondary N) is 2. The molecular weight excluding hydrogens is 292 g/mol. The molecule has 1 heterocycles. The van der Waals surface area contributed by atoms with Gasteiger partial charge in [-0.15, -0.1) is 0 Å². The molecule has 2 aromatic rings. The number of hydrogen-bond acceptors (Lipinski definition) is 5. The van der Waals surface area contributed by atoms with Crippen molar-refractivity contribution in [3.8, 4) is 0 Å².